The zero-order valence-corrected chi connectivity index (χ0v) is 18.7. The standard InChI is InChI=1S/C26H30N6/c1-19-16-24(23-12-13-27-18-28-23)29-26(30(19)3)31-14-6-10-22(17-31)20(2)32-15-7-9-21-8-4-5-11-25(21)32/h4-5,8,11-13,16,18,22H,1-2,6-7,9-10,14-15,17H2,3H3. The molecular weight excluding hydrogens is 396 g/mol. The maximum Gasteiger partial charge on any atom is 0.206 e. The van der Waals surface area contributed by atoms with Crippen LogP contribution in [0.25, 0.3) is 5.70 Å². The largest absolute Gasteiger partial charge is 0.345 e. The minimum absolute atomic E-state index is 0.396. The van der Waals surface area contributed by atoms with Gasteiger partial charge in [-0.2, -0.15) is 0 Å². The average molecular weight is 427 g/mol. The monoisotopic (exact) mass is 426 g/mol. The van der Waals surface area contributed by atoms with E-state index in [2.05, 4.69) is 62.1 Å². The predicted molar refractivity (Wildman–Crippen MR) is 130 cm³/mol. The number of hydrogen-bond donors (Lipinski definition) is 0. The number of fused-ring (bicyclic) bond motifs is 1. The van der Waals surface area contributed by atoms with E-state index < -0.39 is 0 Å². The first-order valence-corrected chi connectivity index (χ1v) is 11.4. The van der Waals surface area contributed by atoms with Crippen LogP contribution in [-0.2, 0) is 6.42 Å². The SMILES string of the molecule is C=C1C=C(c2ccncn2)N=C(N2CCCC(C(=C)N3CCCc4ccccc43)C2)N1C. The van der Waals surface area contributed by atoms with E-state index in [1.54, 1.807) is 12.5 Å². The lowest BCUT2D eigenvalue weighted by molar-refractivity contribution is 0.260. The van der Waals surface area contributed by atoms with Crippen LogP contribution < -0.4 is 4.90 Å². The zero-order valence-electron chi connectivity index (χ0n) is 18.7. The smallest absolute Gasteiger partial charge is 0.206 e. The molecule has 1 aromatic heterocycles. The van der Waals surface area contributed by atoms with Crippen molar-refractivity contribution in [1.82, 2.24) is 19.8 Å². The molecule has 0 spiro atoms. The van der Waals surface area contributed by atoms with Crippen molar-refractivity contribution in [1.29, 1.82) is 0 Å². The van der Waals surface area contributed by atoms with E-state index >= 15 is 0 Å². The number of guanidine groups is 1. The first kappa shape index (κ1) is 20.5. The first-order valence-electron chi connectivity index (χ1n) is 11.4. The highest BCUT2D eigenvalue weighted by molar-refractivity contribution is 5.90. The van der Waals surface area contributed by atoms with Crippen molar-refractivity contribution < 1.29 is 0 Å². The summed E-state index contributed by atoms with van der Waals surface area (Å²) in [6.45, 7) is 11.8. The van der Waals surface area contributed by atoms with Crippen molar-refractivity contribution >= 4 is 17.3 Å². The summed E-state index contributed by atoms with van der Waals surface area (Å²) in [5.74, 6) is 1.33. The Balaban J connectivity index is 1.38. The number of piperidine rings is 1. The maximum absolute atomic E-state index is 4.98. The molecule has 3 aliphatic rings. The van der Waals surface area contributed by atoms with E-state index in [4.69, 9.17) is 4.99 Å². The Morgan fingerprint density at radius 3 is 2.84 bits per heavy atom. The predicted octanol–water partition coefficient (Wildman–Crippen LogP) is 4.31. The van der Waals surface area contributed by atoms with Crippen LogP contribution in [0.4, 0.5) is 5.69 Å². The summed E-state index contributed by atoms with van der Waals surface area (Å²) < 4.78 is 0. The molecule has 0 saturated carbocycles. The van der Waals surface area contributed by atoms with Gasteiger partial charge in [-0.15, -0.1) is 0 Å². The molecule has 0 bridgehead atoms. The second-order valence-electron chi connectivity index (χ2n) is 8.75. The molecule has 164 valence electrons. The molecule has 1 atom stereocenters. The van der Waals surface area contributed by atoms with Crippen molar-refractivity contribution in [2.45, 2.75) is 25.7 Å². The molecule has 0 amide bonds. The second kappa shape index (κ2) is 8.61. The zero-order chi connectivity index (χ0) is 22.1. The molecule has 32 heavy (non-hydrogen) atoms. The van der Waals surface area contributed by atoms with Gasteiger partial charge in [0.2, 0.25) is 5.96 Å². The normalized spacial score (nSPS) is 21.1. The number of nitrogens with zero attached hydrogens (tertiary/aromatic N) is 6. The van der Waals surface area contributed by atoms with Crippen molar-refractivity contribution in [2.75, 3.05) is 31.6 Å². The molecule has 1 saturated heterocycles. The van der Waals surface area contributed by atoms with Gasteiger partial charge in [0.1, 0.15) is 6.33 Å². The Morgan fingerprint density at radius 1 is 1.12 bits per heavy atom. The van der Waals surface area contributed by atoms with Gasteiger partial charge in [-0.25, -0.2) is 15.0 Å². The molecular formula is C26H30N6. The van der Waals surface area contributed by atoms with E-state index in [0.717, 1.165) is 61.9 Å². The van der Waals surface area contributed by atoms with E-state index in [-0.39, 0.29) is 0 Å². The van der Waals surface area contributed by atoms with Crippen LogP contribution in [0.2, 0.25) is 0 Å². The summed E-state index contributed by atoms with van der Waals surface area (Å²) >= 11 is 0. The van der Waals surface area contributed by atoms with Gasteiger partial charge in [-0.05, 0) is 49.5 Å². The van der Waals surface area contributed by atoms with E-state index in [1.807, 2.05) is 19.2 Å². The number of rotatable bonds is 3. The fraction of sp³-hybridized carbons (Fsp3) is 0.346. The number of allylic oxidation sites excluding steroid dienone is 1. The van der Waals surface area contributed by atoms with Crippen LogP contribution >= 0.6 is 0 Å². The Bertz CT molecular complexity index is 1090. The number of anilines is 1. The summed E-state index contributed by atoms with van der Waals surface area (Å²) in [7, 11) is 2.04. The maximum atomic E-state index is 4.98. The Hall–Kier alpha value is -3.41. The van der Waals surface area contributed by atoms with Crippen LogP contribution in [0.3, 0.4) is 0 Å². The lowest BCUT2D eigenvalue weighted by Crippen LogP contribution is -2.49. The van der Waals surface area contributed by atoms with Crippen LogP contribution in [-0.4, -0.2) is 52.4 Å². The summed E-state index contributed by atoms with van der Waals surface area (Å²) in [5, 5.41) is 0. The summed E-state index contributed by atoms with van der Waals surface area (Å²) in [5.41, 5.74) is 6.54. The van der Waals surface area contributed by atoms with Crippen molar-refractivity contribution in [3.63, 3.8) is 0 Å². The Morgan fingerprint density at radius 2 is 2.00 bits per heavy atom. The molecule has 1 fully saturated rings. The number of para-hydroxylation sites is 1. The fourth-order valence-electron chi connectivity index (χ4n) is 4.94. The molecule has 6 heteroatoms. The first-order chi connectivity index (χ1) is 15.6. The highest BCUT2D eigenvalue weighted by Gasteiger charge is 2.31. The number of aliphatic imine (C=N–C) groups is 1. The molecule has 3 aliphatic heterocycles. The van der Waals surface area contributed by atoms with Crippen molar-refractivity contribution in [3.05, 3.63) is 84.7 Å². The van der Waals surface area contributed by atoms with Gasteiger partial charge in [0.15, 0.2) is 0 Å². The van der Waals surface area contributed by atoms with Gasteiger partial charge in [0, 0.05) is 55.9 Å². The van der Waals surface area contributed by atoms with Gasteiger partial charge in [0.05, 0.1) is 11.4 Å². The highest BCUT2D eigenvalue weighted by atomic mass is 15.4. The van der Waals surface area contributed by atoms with Gasteiger partial charge in [-0.1, -0.05) is 31.4 Å². The van der Waals surface area contributed by atoms with Crippen LogP contribution in [0, 0.1) is 5.92 Å². The topological polar surface area (TPSA) is 47.9 Å². The third kappa shape index (κ3) is 3.81. The molecule has 5 rings (SSSR count). The van der Waals surface area contributed by atoms with E-state index in [1.165, 1.54) is 23.4 Å². The molecule has 0 radical (unpaired) electrons. The summed E-state index contributed by atoms with van der Waals surface area (Å²) in [6.07, 6.45) is 9.89. The van der Waals surface area contributed by atoms with E-state index in [9.17, 15) is 0 Å². The van der Waals surface area contributed by atoms with Crippen LogP contribution in [0.1, 0.15) is 30.5 Å². The molecule has 6 nitrogen and oxygen atoms in total. The van der Waals surface area contributed by atoms with Crippen molar-refractivity contribution in [3.8, 4) is 0 Å². The number of likely N-dealkylation sites (tertiary alicyclic amines) is 1. The third-order valence-electron chi connectivity index (χ3n) is 6.73. The van der Waals surface area contributed by atoms with Gasteiger partial charge >= 0.3 is 0 Å². The van der Waals surface area contributed by atoms with E-state index in [0.29, 0.717) is 5.92 Å². The number of aromatic nitrogens is 2. The lowest BCUT2D eigenvalue weighted by atomic mass is 9.92. The van der Waals surface area contributed by atoms with Gasteiger partial charge in [0.25, 0.3) is 0 Å². The lowest BCUT2D eigenvalue weighted by Gasteiger charge is -2.43. The number of hydrogen-bond acceptors (Lipinski definition) is 6. The molecule has 0 aliphatic carbocycles. The Kier molecular flexibility index (Phi) is 5.52. The minimum Gasteiger partial charge on any atom is -0.345 e. The molecule has 4 heterocycles. The fourth-order valence-corrected chi connectivity index (χ4v) is 4.94. The molecule has 0 N–H and O–H groups in total. The number of benzene rings is 1. The molecule has 1 unspecified atom stereocenters. The molecule has 2 aromatic rings. The highest BCUT2D eigenvalue weighted by Crippen LogP contribution is 2.35. The average Bonchev–Trinajstić information content (AvgIpc) is 2.85. The minimum atomic E-state index is 0.396. The third-order valence-corrected chi connectivity index (χ3v) is 6.73. The van der Waals surface area contributed by atoms with Crippen LogP contribution in [0.15, 0.2) is 78.5 Å². The summed E-state index contributed by atoms with van der Waals surface area (Å²) in [6, 6.07) is 10.7. The second-order valence-corrected chi connectivity index (χ2v) is 8.75. The van der Waals surface area contributed by atoms with Gasteiger partial charge in [-0.3, -0.25) is 0 Å². The number of aryl methyl sites for hydroxylation is 1. The Labute approximate surface area is 190 Å². The van der Waals surface area contributed by atoms with Crippen LogP contribution in [0.5, 0.6) is 0 Å². The molecule has 1 aromatic carbocycles. The van der Waals surface area contributed by atoms with Crippen molar-refractivity contribution in [2.24, 2.45) is 10.9 Å². The van der Waals surface area contributed by atoms with Gasteiger partial charge < -0.3 is 14.7 Å². The quantitative estimate of drug-likeness (QED) is 0.732. The summed E-state index contributed by atoms with van der Waals surface area (Å²) in [4.78, 5) is 20.3. The number of likely N-dealkylation sites (N-methyl/N-ethyl adjacent to an activating group) is 1.